The summed E-state index contributed by atoms with van der Waals surface area (Å²) < 4.78 is 5.66. The molecule has 1 heterocycles. The second-order valence-corrected chi connectivity index (χ2v) is 4.80. The average molecular weight is 266 g/mol. The van der Waals surface area contributed by atoms with Gasteiger partial charge in [-0.15, -0.1) is 0 Å². The van der Waals surface area contributed by atoms with Crippen LogP contribution in [0.1, 0.15) is 13.8 Å². The number of anilines is 2. The molecule has 1 aromatic carbocycles. The van der Waals surface area contributed by atoms with Gasteiger partial charge in [-0.25, -0.2) is 0 Å². The Morgan fingerprint density at radius 3 is 2.53 bits per heavy atom. The van der Waals surface area contributed by atoms with Crippen LogP contribution in [0.15, 0.2) is 18.2 Å². The summed E-state index contributed by atoms with van der Waals surface area (Å²) >= 11 is 0. The molecular formula is C12H18N4O3. The minimum Gasteiger partial charge on any atom is -0.372 e. The Kier molecular flexibility index (Phi) is 3.87. The molecule has 0 amide bonds. The highest BCUT2D eigenvalue weighted by atomic mass is 16.6. The molecule has 1 saturated heterocycles. The van der Waals surface area contributed by atoms with Crippen molar-refractivity contribution in [2.45, 2.75) is 26.1 Å². The Hall–Kier alpha value is -1.86. The number of hydrogen-bond donors (Lipinski definition) is 2. The Morgan fingerprint density at radius 1 is 1.37 bits per heavy atom. The first-order valence-electron chi connectivity index (χ1n) is 6.16. The molecule has 1 fully saturated rings. The van der Waals surface area contributed by atoms with Crippen LogP contribution in [-0.2, 0) is 4.74 Å². The number of hydrazine groups is 1. The molecule has 0 aliphatic carbocycles. The minimum absolute atomic E-state index is 0.0252. The molecule has 0 unspecified atom stereocenters. The van der Waals surface area contributed by atoms with Crippen molar-refractivity contribution in [3.05, 3.63) is 28.3 Å². The summed E-state index contributed by atoms with van der Waals surface area (Å²) in [6, 6.07) is 4.78. The molecular weight excluding hydrogens is 248 g/mol. The minimum atomic E-state index is -0.419. The molecule has 0 spiro atoms. The molecule has 0 saturated carbocycles. The topological polar surface area (TPSA) is 93.7 Å². The highest BCUT2D eigenvalue weighted by Crippen LogP contribution is 2.28. The highest BCUT2D eigenvalue weighted by molar-refractivity contribution is 5.64. The van der Waals surface area contributed by atoms with Crippen LogP contribution in [-0.4, -0.2) is 30.2 Å². The number of hydrogen-bond acceptors (Lipinski definition) is 6. The van der Waals surface area contributed by atoms with Crippen LogP contribution in [0.25, 0.3) is 0 Å². The molecule has 7 nitrogen and oxygen atoms in total. The Balaban J connectivity index is 2.32. The first kappa shape index (κ1) is 13.6. The van der Waals surface area contributed by atoms with Crippen LogP contribution in [0.4, 0.5) is 17.1 Å². The smallest absolute Gasteiger partial charge is 0.273 e. The van der Waals surface area contributed by atoms with Gasteiger partial charge in [0.05, 0.1) is 22.8 Å². The van der Waals surface area contributed by atoms with Crippen molar-refractivity contribution in [1.82, 2.24) is 0 Å². The van der Waals surface area contributed by atoms with Gasteiger partial charge in [-0.2, -0.15) is 0 Å². The van der Waals surface area contributed by atoms with E-state index in [9.17, 15) is 10.1 Å². The maximum absolute atomic E-state index is 10.9. The predicted molar refractivity (Wildman–Crippen MR) is 73.1 cm³/mol. The van der Waals surface area contributed by atoms with Crippen molar-refractivity contribution >= 4 is 17.1 Å². The molecule has 2 rings (SSSR count). The summed E-state index contributed by atoms with van der Waals surface area (Å²) in [5.41, 5.74) is 3.79. The van der Waals surface area contributed by atoms with Gasteiger partial charge in [0, 0.05) is 30.9 Å². The number of nitro benzene ring substituents is 1. The largest absolute Gasteiger partial charge is 0.372 e. The van der Waals surface area contributed by atoms with Crippen molar-refractivity contribution < 1.29 is 9.66 Å². The van der Waals surface area contributed by atoms with Gasteiger partial charge in [0.25, 0.3) is 5.69 Å². The number of ether oxygens (including phenoxy) is 1. The van der Waals surface area contributed by atoms with Crippen LogP contribution in [0.3, 0.4) is 0 Å². The van der Waals surface area contributed by atoms with Crippen LogP contribution >= 0.6 is 0 Å². The molecule has 0 aromatic heterocycles. The molecule has 104 valence electrons. The number of nitrogens with zero attached hydrogens (tertiary/aromatic N) is 2. The number of nitrogens with two attached hydrogens (primary N) is 1. The fourth-order valence-electron chi connectivity index (χ4n) is 2.36. The zero-order valence-electron chi connectivity index (χ0n) is 11.0. The molecule has 7 heteroatoms. The first-order valence-corrected chi connectivity index (χ1v) is 6.16. The first-order chi connectivity index (χ1) is 8.99. The normalized spacial score (nSPS) is 23.2. The summed E-state index contributed by atoms with van der Waals surface area (Å²) in [4.78, 5) is 12.6. The van der Waals surface area contributed by atoms with Crippen molar-refractivity contribution in [1.29, 1.82) is 0 Å². The molecule has 3 N–H and O–H groups in total. The van der Waals surface area contributed by atoms with E-state index in [-0.39, 0.29) is 17.9 Å². The molecule has 1 aromatic rings. The lowest BCUT2D eigenvalue weighted by Crippen LogP contribution is -2.45. The van der Waals surface area contributed by atoms with Gasteiger partial charge in [0.1, 0.15) is 0 Å². The second kappa shape index (κ2) is 5.41. The van der Waals surface area contributed by atoms with Crippen LogP contribution in [0, 0.1) is 10.1 Å². The lowest BCUT2D eigenvalue weighted by molar-refractivity contribution is -0.384. The van der Waals surface area contributed by atoms with E-state index in [0.717, 1.165) is 5.69 Å². The lowest BCUT2D eigenvalue weighted by Gasteiger charge is -2.36. The summed E-state index contributed by atoms with van der Waals surface area (Å²) in [6.45, 7) is 5.38. The van der Waals surface area contributed by atoms with E-state index in [4.69, 9.17) is 10.6 Å². The quantitative estimate of drug-likeness (QED) is 0.489. The van der Waals surface area contributed by atoms with Gasteiger partial charge in [0.2, 0.25) is 0 Å². The fraction of sp³-hybridized carbons (Fsp3) is 0.500. The summed E-state index contributed by atoms with van der Waals surface area (Å²) in [7, 11) is 0. The Bertz CT molecular complexity index is 470. The molecule has 0 radical (unpaired) electrons. The van der Waals surface area contributed by atoms with E-state index in [1.165, 1.54) is 6.07 Å². The number of nitro groups is 1. The van der Waals surface area contributed by atoms with Crippen molar-refractivity contribution in [2.75, 3.05) is 23.4 Å². The van der Waals surface area contributed by atoms with E-state index in [1.54, 1.807) is 12.1 Å². The Morgan fingerprint density at radius 2 is 2.00 bits per heavy atom. The molecule has 1 aliphatic rings. The second-order valence-electron chi connectivity index (χ2n) is 4.80. The van der Waals surface area contributed by atoms with Crippen molar-refractivity contribution in [3.63, 3.8) is 0 Å². The summed E-state index contributed by atoms with van der Waals surface area (Å²) in [5.74, 6) is 5.36. The van der Waals surface area contributed by atoms with Crippen LogP contribution < -0.4 is 16.2 Å². The van der Waals surface area contributed by atoms with Gasteiger partial charge < -0.3 is 15.1 Å². The van der Waals surface area contributed by atoms with Gasteiger partial charge in [-0.1, -0.05) is 0 Å². The van der Waals surface area contributed by atoms with Crippen molar-refractivity contribution in [3.8, 4) is 0 Å². The molecule has 2 atom stereocenters. The van der Waals surface area contributed by atoms with Gasteiger partial charge in [0.15, 0.2) is 0 Å². The fourth-order valence-corrected chi connectivity index (χ4v) is 2.36. The van der Waals surface area contributed by atoms with E-state index < -0.39 is 4.92 Å². The number of nitrogen functional groups attached to an aromatic ring is 1. The number of morpholine rings is 1. The maximum Gasteiger partial charge on any atom is 0.273 e. The number of non-ortho nitro benzene ring substituents is 1. The average Bonchev–Trinajstić information content (AvgIpc) is 2.37. The van der Waals surface area contributed by atoms with E-state index in [1.807, 2.05) is 13.8 Å². The molecule has 0 bridgehead atoms. The highest BCUT2D eigenvalue weighted by Gasteiger charge is 2.24. The maximum atomic E-state index is 10.9. The van der Waals surface area contributed by atoms with Crippen molar-refractivity contribution in [2.24, 2.45) is 5.84 Å². The van der Waals surface area contributed by atoms with Crippen LogP contribution in [0.2, 0.25) is 0 Å². The SMILES string of the molecule is C[C@@H]1CN(c2cc(NN)cc([N+](=O)[O-])c2)C[C@H](C)O1. The lowest BCUT2D eigenvalue weighted by atomic mass is 10.1. The zero-order valence-corrected chi connectivity index (χ0v) is 11.0. The number of benzene rings is 1. The van der Waals surface area contributed by atoms with Gasteiger partial charge >= 0.3 is 0 Å². The molecule has 1 aliphatic heterocycles. The van der Waals surface area contributed by atoms with Gasteiger partial charge in [-0.3, -0.25) is 16.0 Å². The third kappa shape index (κ3) is 3.12. The predicted octanol–water partition coefficient (Wildman–Crippen LogP) is 1.49. The summed E-state index contributed by atoms with van der Waals surface area (Å²) in [6.07, 6.45) is 0.189. The van der Waals surface area contributed by atoms with E-state index in [0.29, 0.717) is 18.8 Å². The molecule has 19 heavy (non-hydrogen) atoms. The van der Waals surface area contributed by atoms with Gasteiger partial charge in [-0.05, 0) is 19.9 Å². The monoisotopic (exact) mass is 266 g/mol. The van der Waals surface area contributed by atoms with E-state index >= 15 is 0 Å². The third-order valence-electron chi connectivity index (χ3n) is 3.06. The van der Waals surface area contributed by atoms with E-state index in [2.05, 4.69) is 10.3 Å². The standard InChI is InChI=1S/C12H18N4O3/c1-8-6-15(7-9(2)19-8)11-3-10(14-13)4-12(5-11)16(17)18/h3-5,8-9,14H,6-7,13H2,1-2H3/t8-,9+. The van der Waals surface area contributed by atoms with Crippen LogP contribution in [0.5, 0.6) is 0 Å². The summed E-state index contributed by atoms with van der Waals surface area (Å²) in [5, 5.41) is 10.9. The Labute approximate surface area is 111 Å². The third-order valence-corrected chi connectivity index (χ3v) is 3.06. The number of rotatable bonds is 3. The number of nitrogens with one attached hydrogen (secondary N) is 1. The zero-order chi connectivity index (χ0) is 14.0.